The molecule has 0 aliphatic rings. The number of fused-ring (bicyclic) bond motifs is 1. The Bertz CT molecular complexity index is 623. The molecule has 105 valence electrons. The van der Waals surface area contributed by atoms with E-state index in [0.29, 0.717) is 16.4 Å². The highest BCUT2D eigenvalue weighted by Crippen LogP contribution is 2.24. The predicted octanol–water partition coefficient (Wildman–Crippen LogP) is 2.18. The summed E-state index contributed by atoms with van der Waals surface area (Å²) in [7, 11) is 1.47. The fourth-order valence-corrected chi connectivity index (χ4v) is 1.60. The van der Waals surface area contributed by atoms with Crippen molar-refractivity contribution in [1.29, 1.82) is 0 Å². The molecule has 0 spiro atoms. The number of pyridine rings is 1. The second-order valence-electron chi connectivity index (χ2n) is 5.88. The van der Waals surface area contributed by atoms with Gasteiger partial charge in [0.25, 0.3) is 0 Å². The van der Waals surface area contributed by atoms with Crippen molar-refractivity contribution >= 4 is 23.8 Å². The molecule has 1 heterocycles. The lowest BCUT2D eigenvalue weighted by atomic mass is 9.82. The Balaban J connectivity index is 2.23. The lowest BCUT2D eigenvalue weighted by Crippen LogP contribution is -2.49. The number of benzene rings is 1. The van der Waals surface area contributed by atoms with Gasteiger partial charge in [0.15, 0.2) is 0 Å². The highest BCUT2D eigenvalue weighted by molar-refractivity contribution is 6.47. The van der Waals surface area contributed by atoms with E-state index in [-0.39, 0.29) is 5.82 Å². The van der Waals surface area contributed by atoms with E-state index in [1.807, 2.05) is 0 Å². The molecule has 0 saturated carbocycles. The smallest absolute Gasteiger partial charge is 0.331 e. The molecule has 3 nitrogen and oxygen atoms in total. The van der Waals surface area contributed by atoms with Crippen LogP contribution in [0.1, 0.15) is 27.7 Å². The van der Waals surface area contributed by atoms with Crippen molar-refractivity contribution in [3.8, 4) is 0 Å². The molecule has 20 heavy (non-hydrogen) atoms. The fraction of sp³-hybridized carbons (Fsp3) is 0.400. The van der Waals surface area contributed by atoms with Crippen molar-refractivity contribution in [3.63, 3.8) is 0 Å². The molecule has 0 bridgehead atoms. The van der Waals surface area contributed by atoms with Gasteiger partial charge in [0.05, 0.1) is 11.2 Å². The van der Waals surface area contributed by atoms with Gasteiger partial charge in [0.2, 0.25) is 0 Å². The first-order valence-corrected chi connectivity index (χ1v) is 6.48. The summed E-state index contributed by atoms with van der Waals surface area (Å²) < 4.78 is 19.5. The molecular formula is C15H18BFNO2. The third-order valence-electron chi connectivity index (χ3n) is 3.64. The number of aliphatic hydroxyl groups is 1. The first kappa shape index (κ1) is 14.9. The van der Waals surface area contributed by atoms with E-state index in [4.69, 9.17) is 4.65 Å². The number of halogens is 1. The molecule has 0 amide bonds. The van der Waals surface area contributed by atoms with Crippen LogP contribution in [0.3, 0.4) is 0 Å². The summed E-state index contributed by atoms with van der Waals surface area (Å²) in [6, 6.07) is 6.72. The Labute approximate surface area is 119 Å². The highest BCUT2D eigenvalue weighted by Gasteiger charge is 2.35. The number of hydrogen-bond donors (Lipinski definition) is 1. The van der Waals surface area contributed by atoms with Gasteiger partial charge < -0.3 is 9.76 Å². The zero-order valence-electron chi connectivity index (χ0n) is 12.1. The summed E-state index contributed by atoms with van der Waals surface area (Å²) in [5, 5.41) is 10.7. The number of hydrogen-bond acceptors (Lipinski definition) is 3. The van der Waals surface area contributed by atoms with E-state index in [1.165, 1.54) is 13.5 Å². The van der Waals surface area contributed by atoms with E-state index in [0.717, 1.165) is 0 Å². The third-order valence-corrected chi connectivity index (χ3v) is 3.64. The van der Waals surface area contributed by atoms with Crippen molar-refractivity contribution in [2.45, 2.75) is 38.9 Å². The van der Waals surface area contributed by atoms with Crippen LogP contribution < -0.4 is 5.46 Å². The standard InChI is InChI=1S/C15H18BFNO2/c1-14(2,19)15(3,4)20-16-11-8-10-6-5-7-18-13(10)12(17)9-11/h5-9,19H,1-4H3. The molecule has 0 aliphatic carbocycles. The minimum atomic E-state index is -1.01. The van der Waals surface area contributed by atoms with Gasteiger partial charge >= 0.3 is 7.48 Å². The van der Waals surface area contributed by atoms with E-state index >= 15 is 0 Å². The van der Waals surface area contributed by atoms with Crippen LogP contribution in [0, 0.1) is 5.82 Å². The maximum absolute atomic E-state index is 13.9. The fourth-order valence-electron chi connectivity index (χ4n) is 1.60. The van der Waals surface area contributed by atoms with E-state index in [9.17, 15) is 9.50 Å². The summed E-state index contributed by atoms with van der Waals surface area (Å²) in [5.74, 6) is -0.390. The van der Waals surface area contributed by atoms with Crippen molar-refractivity contribution in [2.75, 3.05) is 0 Å². The van der Waals surface area contributed by atoms with Gasteiger partial charge in [-0.3, -0.25) is 4.98 Å². The Kier molecular flexibility index (Phi) is 3.85. The van der Waals surface area contributed by atoms with Gasteiger partial charge in [0, 0.05) is 11.6 Å². The SMILES string of the molecule is CC(C)(O)C(C)(C)O[B]c1cc(F)c2ncccc2c1. The van der Waals surface area contributed by atoms with Crippen LogP contribution in [-0.2, 0) is 4.65 Å². The molecule has 0 unspecified atom stereocenters. The number of nitrogens with zero attached hydrogens (tertiary/aromatic N) is 1. The lowest BCUT2D eigenvalue weighted by Gasteiger charge is -2.37. The molecule has 1 N–H and O–H groups in total. The maximum atomic E-state index is 13.9. The summed E-state index contributed by atoms with van der Waals surface area (Å²) in [5.41, 5.74) is -0.861. The topological polar surface area (TPSA) is 42.4 Å². The molecule has 0 saturated heterocycles. The van der Waals surface area contributed by atoms with Crippen molar-refractivity contribution < 1.29 is 14.2 Å². The molecule has 2 rings (SSSR count). The van der Waals surface area contributed by atoms with Gasteiger partial charge in [-0.2, -0.15) is 0 Å². The van der Waals surface area contributed by atoms with E-state index in [1.54, 1.807) is 52.1 Å². The molecule has 0 atom stereocenters. The average molecular weight is 274 g/mol. The van der Waals surface area contributed by atoms with Gasteiger partial charge in [-0.1, -0.05) is 12.1 Å². The molecule has 1 aromatic carbocycles. The Hall–Kier alpha value is -1.46. The second kappa shape index (κ2) is 5.15. The minimum absolute atomic E-state index is 0.339. The predicted molar refractivity (Wildman–Crippen MR) is 78.6 cm³/mol. The molecule has 0 fully saturated rings. The van der Waals surface area contributed by atoms with Crippen LogP contribution in [0.2, 0.25) is 0 Å². The summed E-state index contributed by atoms with van der Waals surface area (Å²) in [6.45, 7) is 6.91. The van der Waals surface area contributed by atoms with E-state index in [2.05, 4.69) is 4.98 Å². The highest BCUT2D eigenvalue weighted by atomic mass is 19.1. The monoisotopic (exact) mass is 274 g/mol. The third kappa shape index (κ3) is 2.99. The lowest BCUT2D eigenvalue weighted by molar-refractivity contribution is -0.0893. The first-order valence-electron chi connectivity index (χ1n) is 6.48. The van der Waals surface area contributed by atoms with Gasteiger partial charge in [-0.05, 0) is 45.3 Å². The molecule has 2 aromatic rings. The van der Waals surface area contributed by atoms with Crippen LogP contribution in [0.5, 0.6) is 0 Å². The second-order valence-corrected chi connectivity index (χ2v) is 5.88. The normalized spacial score (nSPS) is 12.7. The van der Waals surface area contributed by atoms with Gasteiger partial charge in [-0.15, -0.1) is 0 Å². The van der Waals surface area contributed by atoms with E-state index < -0.39 is 11.2 Å². The van der Waals surface area contributed by atoms with Crippen LogP contribution >= 0.6 is 0 Å². The summed E-state index contributed by atoms with van der Waals surface area (Å²) in [6.07, 6.45) is 1.56. The molecule has 1 aromatic heterocycles. The zero-order chi connectivity index (χ0) is 15.0. The number of rotatable bonds is 4. The van der Waals surface area contributed by atoms with Crippen LogP contribution in [-0.4, -0.2) is 28.8 Å². The summed E-state index contributed by atoms with van der Waals surface area (Å²) >= 11 is 0. The average Bonchev–Trinajstić information content (AvgIpc) is 2.35. The Morgan fingerprint density at radius 3 is 2.60 bits per heavy atom. The molecular weight excluding hydrogens is 256 g/mol. The quantitative estimate of drug-likeness (QED) is 0.869. The largest absolute Gasteiger partial charge is 0.427 e. The Morgan fingerprint density at radius 2 is 1.95 bits per heavy atom. The van der Waals surface area contributed by atoms with Crippen molar-refractivity contribution in [2.24, 2.45) is 0 Å². The van der Waals surface area contributed by atoms with Crippen molar-refractivity contribution in [1.82, 2.24) is 4.98 Å². The molecule has 0 aliphatic heterocycles. The number of aromatic nitrogens is 1. The minimum Gasteiger partial charge on any atom is -0.427 e. The first-order chi connectivity index (χ1) is 9.21. The van der Waals surface area contributed by atoms with Gasteiger partial charge in [0.1, 0.15) is 11.3 Å². The van der Waals surface area contributed by atoms with Gasteiger partial charge in [-0.25, -0.2) is 4.39 Å². The molecule has 5 heteroatoms. The Morgan fingerprint density at radius 1 is 1.25 bits per heavy atom. The summed E-state index contributed by atoms with van der Waals surface area (Å²) in [4.78, 5) is 4.00. The zero-order valence-corrected chi connectivity index (χ0v) is 12.1. The van der Waals surface area contributed by atoms with Crippen LogP contribution in [0.25, 0.3) is 10.9 Å². The van der Waals surface area contributed by atoms with Crippen molar-refractivity contribution in [3.05, 3.63) is 36.3 Å². The van der Waals surface area contributed by atoms with Crippen LogP contribution in [0.15, 0.2) is 30.5 Å². The van der Waals surface area contributed by atoms with Crippen LogP contribution in [0.4, 0.5) is 4.39 Å². The maximum Gasteiger partial charge on any atom is 0.331 e. The molecule has 1 radical (unpaired) electrons.